The van der Waals surface area contributed by atoms with Crippen molar-refractivity contribution in [2.24, 2.45) is 5.92 Å². The minimum atomic E-state index is 0.255. The third-order valence-electron chi connectivity index (χ3n) is 3.77. The predicted octanol–water partition coefficient (Wildman–Crippen LogP) is 0.311. The molecule has 0 aromatic carbocycles. The largest absolute Gasteiger partial charge is 0.396 e. The molecule has 0 spiro atoms. The summed E-state index contributed by atoms with van der Waals surface area (Å²) in [6.07, 6.45) is 3.54. The van der Waals surface area contributed by atoms with Crippen LogP contribution < -0.4 is 0 Å². The van der Waals surface area contributed by atoms with Crippen molar-refractivity contribution in [2.75, 3.05) is 32.8 Å². The van der Waals surface area contributed by atoms with Gasteiger partial charge in [0.25, 0.3) is 0 Å². The number of aliphatic hydroxyl groups is 1. The number of piperidine rings is 1. The molecule has 2 fully saturated rings. The first kappa shape index (κ1) is 11.9. The molecule has 0 bridgehead atoms. The Morgan fingerprint density at radius 2 is 2.12 bits per heavy atom. The van der Waals surface area contributed by atoms with Crippen molar-refractivity contribution in [1.29, 1.82) is 0 Å². The Kier molecular flexibility index (Phi) is 3.82. The molecule has 0 aromatic rings. The molecule has 0 saturated carbocycles. The number of rotatable bonds is 3. The molecule has 0 aromatic heterocycles. The van der Waals surface area contributed by atoms with Crippen LogP contribution in [0.15, 0.2) is 0 Å². The second-order valence-electron chi connectivity index (χ2n) is 5.17. The molecule has 2 aliphatic rings. The number of amides is 1. The molecule has 1 N–H and O–H groups in total. The number of nitrogens with zero attached hydrogens (tertiary/aromatic N) is 2. The van der Waals surface area contributed by atoms with Crippen LogP contribution in [-0.2, 0) is 4.79 Å². The molecule has 4 nitrogen and oxygen atoms in total. The van der Waals surface area contributed by atoms with E-state index in [1.165, 1.54) is 6.42 Å². The van der Waals surface area contributed by atoms with Crippen LogP contribution in [0.1, 0.15) is 26.2 Å². The summed E-state index contributed by atoms with van der Waals surface area (Å²) in [5, 5.41) is 8.91. The van der Waals surface area contributed by atoms with Gasteiger partial charge in [-0.15, -0.1) is 0 Å². The molecule has 1 amide bonds. The fourth-order valence-corrected chi connectivity index (χ4v) is 2.67. The van der Waals surface area contributed by atoms with E-state index >= 15 is 0 Å². The van der Waals surface area contributed by atoms with E-state index in [1.807, 2.05) is 4.90 Å². The van der Waals surface area contributed by atoms with Crippen molar-refractivity contribution in [1.82, 2.24) is 9.80 Å². The maximum Gasteiger partial charge on any atom is 0.236 e. The highest BCUT2D eigenvalue weighted by Gasteiger charge is 2.30. The Hall–Kier alpha value is -0.610. The van der Waals surface area contributed by atoms with Crippen LogP contribution in [0.4, 0.5) is 0 Å². The minimum absolute atomic E-state index is 0.255. The van der Waals surface area contributed by atoms with Crippen molar-refractivity contribution in [3.63, 3.8) is 0 Å². The third-order valence-corrected chi connectivity index (χ3v) is 3.77. The molecule has 2 saturated heterocycles. The van der Waals surface area contributed by atoms with Gasteiger partial charge in [0.2, 0.25) is 5.91 Å². The van der Waals surface area contributed by atoms with Gasteiger partial charge in [-0.05, 0) is 26.2 Å². The molecule has 1 atom stereocenters. The summed E-state index contributed by atoms with van der Waals surface area (Å²) in [4.78, 5) is 16.2. The topological polar surface area (TPSA) is 43.8 Å². The summed E-state index contributed by atoms with van der Waals surface area (Å²) in [7, 11) is 0. The van der Waals surface area contributed by atoms with Crippen molar-refractivity contribution < 1.29 is 9.90 Å². The van der Waals surface area contributed by atoms with Crippen molar-refractivity contribution in [3.05, 3.63) is 0 Å². The van der Waals surface area contributed by atoms with Crippen LogP contribution in [-0.4, -0.2) is 59.6 Å². The van der Waals surface area contributed by atoms with Crippen LogP contribution in [0.25, 0.3) is 0 Å². The molecule has 2 heterocycles. The van der Waals surface area contributed by atoms with Gasteiger partial charge in [0.15, 0.2) is 0 Å². The highest BCUT2D eigenvalue weighted by atomic mass is 16.3. The average Bonchev–Trinajstić information content (AvgIpc) is 2.23. The zero-order valence-corrected chi connectivity index (χ0v) is 10.1. The van der Waals surface area contributed by atoms with Crippen LogP contribution >= 0.6 is 0 Å². The van der Waals surface area contributed by atoms with Crippen LogP contribution in [0, 0.1) is 5.92 Å². The van der Waals surface area contributed by atoms with Crippen molar-refractivity contribution >= 4 is 5.91 Å². The van der Waals surface area contributed by atoms with E-state index in [-0.39, 0.29) is 12.5 Å². The first-order chi connectivity index (χ1) is 7.70. The smallest absolute Gasteiger partial charge is 0.236 e. The monoisotopic (exact) mass is 226 g/mol. The van der Waals surface area contributed by atoms with E-state index in [1.54, 1.807) is 0 Å². The second-order valence-corrected chi connectivity index (χ2v) is 5.17. The quantitative estimate of drug-likeness (QED) is 0.753. The standard InChI is InChI=1S/C12H22N2O2/c1-10-4-2-3-5-14(10)12(16)8-13-6-11(7-13)9-15/h10-11,15H,2-9H2,1H3. The molecule has 92 valence electrons. The number of carbonyl (C=O) groups excluding carboxylic acids is 1. The fourth-order valence-electron chi connectivity index (χ4n) is 2.67. The van der Waals surface area contributed by atoms with Gasteiger partial charge in [-0.3, -0.25) is 9.69 Å². The number of aliphatic hydroxyl groups excluding tert-OH is 1. The molecule has 2 aliphatic heterocycles. The lowest BCUT2D eigenvalue weighted by atomic mass is 10.0. The molecule has 0 radical (unpaired) electrons. The third kappa shape index (κ3) is 2.55. The predicted molar refractivity (Wildman–Crippen MR) is 62.0 cm³/mol. The highest BCUT2D eigenvalue weighted by Crippen LogP contribution is 2.19. The lowest BCUT2D eigenvalue weighted by Gasteiger charge is -2.40. The van der Waals surface area contributed by atoms with Gasteiger partial charge in [-0.1, -0.05) is 0 Å². The zero-order chi connectivity index (χ0) is 11.5. The van der Waals surface area contributed by atoms with E-state index in [0.717, 1.165) is 32.5 Å². The SMILES string of the molecule is CC1CCCCN1C(=O)CN1CC(CO)C1. The Balaban J connectivity index is 1.75. The van der Waals surface area contributed by atoms with Gasteiger partial charge in [0, 0.05) is 38.2 Å². The summed E-state index contributed by atoms with van der Waals surface area (Å²) < 4.78 is 0. The van der Waals surface area contributed by atoms with Gasteiger partial charge in [0.05, 0.1) is 6.54 Å². The van der Waals surface area contributed by atoms with Crippen molar-refractivity contribution in [3.8, 4) is 0 Å². The number of likely N-dealkylation sites (tertiary alicyclic amines) is 2. The molecule has 4 heteroatoms. The Morgan fingerprint density at radius 3 is 2.75 bits per heavy atom. The number of carbonyl (C=O) groups is 1. The van der Waals surface area contributed by atoms with E-state index in [9.17, 15) is 4.79 Å². The first-order valence-electron chi connectivity index (χ1n) is 6.33. The van der Waals surface area contributed by atoms with E-state index in [0.29, 0.717) is 18.5 Å². The zero-order valence-electron chi connectivity index (χ0n) is 10.1. The molecular formula is C12H22N2O2. The molecule has 16 heavy (non-hydrogen) atoms. The van der Waals surface area contributed by atoms with Gasteiger partial charge in [-0.25, -0.2) is 0 Å². The van der Waals surface area contributed by atoms with E-state index in [2.05, 4.69) is 11.8 Å². The van der Waals surface area contributed by atoms with Crippen LogP contribution in [0.2, 0.25) is 0 Å². The first-order valence-corrected chi connectivity index (χ1v) is 6.33. The maximum atomic E-state index is 12.0. The van der Waals surface area contributed by atoms with Gasteiger partial charge in [0.1, 0.15) is 0 Å². The summed E-state index contributed by atoms with van der Waals surface area (Å²) in [5.41, 5.74) is 0. The van der Waals surface area contributed by atoms with Gasteiger partial charge < -0.3 is 10.0 Å². The second kappa shape index (κ2) is 5.15. The molecule has 1 unspecified atom stereocenters. The Labute approximate surface area is 97.2 Å². The van der Waals surface area contributed by atoms with Gasteiger partial charge in [-0.2, -0.15) is 0 Å². The lowest BCUT2D eigenvalue weighted by Crippen LogP contribution is -2.54. The summed E-state index contributed by atoms with van der Waals surface area (Å²) in [6.45, 7) is 5.63. The minimum Gasteiger partial charge on any atom is -0.396 e. The summed E-state index contributed by atoms with van der Waals surface area (Å²) in [6, 6.07) is 0.413. The van der Waals surface area contributed by atoms with Crippen LogP contribution in [0.5, 0.6) is 0 Å². The average molecular weight is 226 g/mol. The van der Waals surface area contributed by atoms with E-state index in [4.69, 9.17) is 5.11 Å². The summed E-state index contributed by atoms with van der Waals surface area (Å²) in [5.74, 6) is 0.662. The van der Waals surface area contributed by atoms with Gasteiger partial charge >= 0.3 is 0 Å². The fraction of sp³-hybridized carbons (Fsp3) is 0.917. The normalized spacial score (nSPS) is 27.9. The summed E-state index contributed by atoms with van der Waals surface area (Å²) >= 11 is 0. The van der Waals surface area contributed by atoms with Crippen LogP contribution in [0.3, 0.4) is 0 Å². The Bertz CT molecular complexity index is 251. The maximum absolute atomic E-state index is 12.0. The molecule has 0 aliphatic carbocycles. The Morgan fingerprint density at radius 1 is 1.38 bits per heavy atom. The molecular weight excluding hydrogens is 204 g/mol. The number of hydrogen-bond acceptors (Lipinski definition) is 3. The van der Waals surface area contributed by atoms with Crippen molar-refractivity contribution in [2.45, 2.75) is 32.2 Å². The highest BCUT2D eigenvalue weighted by molar-refractivity contribution is 5.78. The lowest BCUT2D eigenvalue weighted by molar-refractivity contribution is -0.137. The number of hydrogen-bond donors (Lipinski definition) is 1. The van der Waals surface area contributed by atoms with E-state index < -0.39 is 0 Å². The molecule has 2 rings (SSSR count).